The Bertz CT molecular complexity index is 586. The van der Waals surface area contributed by atoms with E-state index in [-0.39, 0.29) is 5.56 Å². The molecule has 0 aliphatic carbocycles. The molecule has 3 rings (SSSR count). The van der Waals surface area contributed by atoms with Crippen LogP contribution in [0, 0.1) is 0 Å². The van der Waals surface area contributed by atoms with Crippen molar-refractivity contribution in [2.75, 3.05) is 6.54 Å². The third-order valence-corrected chi connectivity index (χ3v) is 3.21. The largest absolute Gasteiger partial charge is 0.312 e. The van der Waals surface area contributed by atoms with Crippen LogP contribution in [0.5, 0.6) is 0 Å². The Morgan fingerprint density at radius 3 is 3.24 bits per heavy atom. The maximum Gasteiger partial charge on any atom is 0.276 e. The van der Waals surface area contributed by atoms with Gasteiger partial charge in [-0.15, -0.1) is 0 Å². The molecule has 1 aliphatic heterocycles. The number of pyridine rings is 1. The first-order chi connectivity index (χ1) is 8.34. The van der Waals surface area contributed by atoms with Crippen molar-refractivity contribution in [3.05, 3.63) is 35.0 Å². The van der Waals surface area contributed by atoms with Crippen molar-refractivity contribution in [1.82, 2.24) is 20.1 Å². The van der Waals surface area contributed by atoms with Gasteiger partial charge in [0.15, 0.2) is 0 Å². The molecule has 2 aromatic rings. The molecule has 5 nitrogen and oxygen atoms in total. The van der Waals surface area contributed by atoms with Crippen LogP contribution < -0.4 is 10.9 Å². The van der Waals surface area contributed by atoms with E-state index in [1.54, 1.807) is 18.6 Å². The zero-order valence-electron chi connectivity index (χ0n) is 9.47. The van der Waals surface area contributed by atoms with E-state index in [0.717, 1.165) is 18.4 Å². The third-order valence-electron chi connectivity index (χ3n) is 3.21. The smallest absolute Gasteiger partial charge is 0.276 e. The molecule has 1 fully saturated rings. The van der Waals surface area contributed by atoms with Crippen LogP contribution in [0.4, 0.5) is 0 Å². The molecule has 0 spiro atoms. The molecule has 0 radical (unpaired) electrons. The Morgan fingerprint density at radius 2 is 2.41 bits per heavy atom. The lowest BCUT2D eigenvalue weighted by Gasteiger charge is -2.11. The molecule has 1 N–H and O–H groups in total. The Balaban J connectivity index is 1.99. The molecule has 5 heteroatoms. The molecule has 0 aromatic carbocycles. The van der Waals surface area contributed by atoms with Gasteiger partial charge in [0.2, 0.25) is 0 Å². The average molecular weight is 230 g/mol. The number of aromatic nitrogens is 3. The number of fused-ring (bicyclic) bond motifs is 1. The van der Waals surface area contributed by atoms with Gasteiger partial charge in [-0.2, -0.15) is 5.10 Å². The summed E-state index contributed by atoms with van der Waals surface area (Å²) in [6.07, 6.45) is 7.30. The van der Waals surface area contributed by atoms with E-state index in [0.29, 0.717) is 18.0 Å². The second-order valence-electron chi connectivity index (χ2n) is 4.39. The van der Waals surface area contributed by atoms with E-state index < -0.39 is 0 Å². The summed E-state index contributed by atoms with van der Waals surface area (Å²) in [5, 5.41) is 9.06. The van der Waals surface area contributed by atoms with Crippen molar-refractivity contribution in [3.8, 4) is 0 Å². The Morgan fingerprint density at radius 1 is 1.47 bits per heavy atom. The lowest BCUT2D eigenvalue weighted by Crippen LogP contribution is -2.33. The maximum atomic E-state index is 12.1. The Kier molecular flexibility index (Phi) is 2.60. The molecule has 1 aliphatic rings. The summed E-state index contributed by atoms with van der Waals surface area (Å²) in [4.78, 5) is 16.1. The van der Waals surface area contributed by atoms with Gasteiger partial charge in [0.05, 0.1) is 18.1 Å². The van der Waals surface area contributed by atoms with Crippen LogP contribution in [0.2, 0.25) is 0 Å². The zero-order chi connectivity index (χ0) is 11.7. The summed E-state index contributed by atoms with van der Waals surface area (Å²) < 4.78 is 1.53. The highest BCUT2D eigenvalue weighted by Gasteiger charge is 2.16. The van der Waals surface area contributed by atoms with Crippen LogP contribution in [-0.2, 0) is 6.54 Å². The highest BCUT2D eigenvalue weighted by atomic mass is 16.1. The fraction of sp³-hybridized carbons (Fsp3) is 0.417. The van der Waals surface area contributed by atoms with Crippen LogP contribution >= 0.6 is 0 Å². The summed E-state index contributed by atoms with van der Waals surface area (Å²) in [5.41, 5.74) is -0.0516. The minimum atomic E-state index is -0.0516. The molecule has 1 atom stereocenters. The molecular formula is C12H14N4O. The minimum absolute atomic E-state index is 0.0516. The first kappa shape index (κ1) is 10.4. The minimum Gasteiger partial charge on any atom is -0.312 e. The van der Waals surface area contributed by atoms with Gasteiger partial charge in [0, 0.05) is 23.8 Å². The number of rotatable bonds is 2. The van der Waals surface area contributed by atoms with Crippen molar-refractivity contribution >= 4 is 10.8 Å². The third kappa shape index (κ3) is 1.93. The molecule has 17 heavy (non-hydrogen) atoms. The van der Waals surface area contributed by atoms with E-state index in [1.165, 1.54) is 11.1 Å². The Labute approximate surface area is 98.5 Å². The molecule has 1 saturated heterocycles. The normalized spacial score (nSPS) is 19.9. The molecule has 2 aromatic heterocycles. The Hall–Kier alpha value is -1.75. The summed E-state index contributed by atoms with van der Waals surface area (Å²) in [7, 11) is 0. The molecule has 0 amide bonds. The topological polar surface area (TPSA) is 59.8 Å². The number of nitrogens with zero attached hydrogens (tertiary/aromatic N) is 3. The fourth-order valence-corrected chi connectivity index (χ4v) is 2.27. The van der Waals surface area contributed by atoms with Gasteiger partial charge in [0.25, 0.3) is 5.56 Å². The SMILES string of the molecule is O=c1c2cnccc2cnn1C[C@H]1CCCN1. The maximum absolute atomic E-state index is 12.1. The number of hydrogen-bond acceptors (Lipinski definition) is 4. The van der Waals surface area contributed by atoms with E-state index in [2.05, 4.69) is 15.4 Å². The van der Waals surface area contributed by atoms with Crippen molar-refractivity contribution < 1.29 is 0 Å². The van der Waals surface area contributed by atoms with E-state index in [4.69, 9.17) is 0 Å². The quantitative estimate of drug-likeness (QED) is 0.818. The van der Waals surface area contributed by atoms with Gasteiger partial charge in [0.1, 0.15) is 0 Å². The van der Waals surface area contributed by atoms with Gasteiger partial charge in [-0.05, 0) is 25.5 Å². The first-order valence-electron chi connectivity index (χ1n) is 5.88. The lowest BCUT2D eigenvalue weighted by molar-refractivity contribution is 0.462. The summed E-state index contributed by atoms with van der Waals surface area (Å²) in [6.45, 7) is 1.68. The summed E-state index contributed by atoms with van der Waals surface area (Å²) in [6, 6.07) is 2.18. The first-order valence-corrected chi connectivity index (χ1v) is 5.88. The van der Waals surface area contributed by atoms with E-state index in [1.807, 2.05) is 6.07 Å². The zero-order valence-corrected chi connectivity index (χ0v) is 9.47. The van der Waals surface area contributed by atoms with Gasteiger partial charge in [-0.3, -0.25) is 9.78 Å². The van der Waals surface area contributed by atoms with Crippen molar-refractivity contribution in [2.45, 2.75) is 25.4 Å². The lowest BCUT2D eigenvalue weighted by atomic mass is 10.2. The standard InChI is InChI=1S/C12H14N4O/c17-12-11-7-13-5-3-9(11)6-15-16(12)8-10-2-1-4-14-10/h3,5-7,10,14H,1-2,4,8H2/t10-/m1/s1. The molecule has 0 unspecified atom stereocenters. The van der Waals surface area contributed by atoms with Crippen LogP contribution in [0.3, 0.4) is 0 Å². The van der Waals surface area contributed by atoms with E-state index >= 15 is 0 Å². The number of nitrogens with one attached hydrogen (secondary N) is 1. The fourth-order valence-electron chi connectivity index (χ4n) is 2.27. The molecule has 0 bridgehead atoms. The van der Waals surface area contributed by atoms with Crippen LogP contribution in [0.15, 0.2) is 29.5 Å². The van der Waals surface area contributed by atoms with Gasteiger partial charge >= 0.3 is 0 Å². The number of hydrogen-bond donors (Lipinski definition) is 1. The van der Waals surface area contributed by atoms with Gasteiger partial charge in [-0.25, -0.2) is 4.68 Å². The highest BCUT2D eigenvalue weighted by Crippen LogP contribution is 2.08. The monoisotopic (exact) mass is 230 g/mol. The van der Waals surface area contributed by atoms with Crippen molar-refractivity contribution in [1.29, 1.82) is 0 Å². The second kappa shape index (κ2) is 4.25. The van der Waals surface area contributed by atoms with Crippen LogP contribution in [0.1, 0.15) is 12.8 Å². The molecule has 88 valence electrons. The molecular weight excluding hydrogens is 216 g/mol. The summed E-state index contributed by atoms with van der Waals surface area (Å²) in [5.74, 6) is 0. The molecule has 3 heterocycles. The average Bonchev–Trinajstić information content (AvgIpc) is 2.86. The van der Waals surface area contributed by atoms with Gasteiger partial charge in [-0.1, -0.05) is 0 Å². The van der Waals surface area contributed by atoms with Crippen molar-refractivity contribution in [2.24, 2.45) is 0 Å². The predicted octanol–water partition coefficient (Wildman–Crippen LogP) is 0.543. The van der Waals surface area contributed by atoms with E-state index in [9.17, 15) is 4.79 Å². The van der Waals surface area contributed by atoms with Crippen molar-refractivity contribution in [3.63, 3.8) is 0 Å². The highest BCUT2D eigenvalue weighted by molar-refractivity contribution is 5.79. The van der Waals surface area contributed by atoms with Gasteiger partial charge < -0.3 is 5.32 Å². The predicted molar refractivity (Wildman–Crippen MR) is 64.8 cm³/mol. The van der Waals surface area contributed by atoms with Crippen LogP contribution in [0.25, 0.3) is 10.8 Å². The summed E-state index contributed by atoms with van der Waals surface area (Å²) >= 11 is 0. The second-order valence-corrected chi connectivity index (χ2v) is 4.39. The molecule has 0 saturated carbocycles. The van der Waals surface area contributed by atoms with Crippen LogP contribution in [-0.4, -0.2) is 27.4 Å².